The molecule has 0 saturated carbocycles. The van der Waals surface area contributed by atoms with Crippen molar-refractivity contribution in [2.24, 2.45) is 0 Å². The minimum absolute atomic E-state index is 0.0289. The zero-order chi connectivity index (χ0) is 14.9. The molecule has 0 radical (unpaired) electrons. The molecule has 1 aromatic heterocycles. The molecule has 0 spiro atoms. The third kappa shape index (κ3) is 3.17. The van der Waals surface area contributed by atoms with E-state index in [1.807, 2.05) is 0 Å². The van der Waals surface area contributed by atoms with Gasteiger partial charge in [-0.15, -0.1) is 11.3 Å². The Kier molecular flexibility index (Phi) is 4.13. The second kappa shape index (κ2) is 5.52. The molecule has 0 N–H and O–H groups in total. The van der Waals surface area contributed by atoms with E-state index in [0.29, 0.717) is 31.1 Å². The lowest BCUT2D eigenvalue weighted by Crippen LogP contribution is -2.49. The summed E-state index contributed by atoms with van der Waals surface area (Å²) in [5, 5.41) is 0.975. The molecule has 2 rings (SSSR count). The van der Waals surface area contributed by atoms with E-state index in [2.05, 4.69) is 25.8 Å². The van der Waals surface area contributed by atoms with Crippen molar-refractivity contribution in [2.45, 2.75) is 33.1 Å². The number of hydrogen-bond donors (Lipinski definition) is 0. The van der Waals surface area contributed by atoms with Gasteiger partial charge >= 0.3 is 0 Å². The minimum Gasteiger partial charge on any atom is -0.339 e. The van der Waals surface area contributed by atoms with Crippen LogP contribution in [-0.2, 0) is 10.2 Å². The molecule has 2 heterocycles. The van der Waals surface area contributed by atoms with Crippen LogP contribution in [0, 0.1) is 0 Å². The summed E-state index contributed by atoms with van der Waals surface area (Å²) in [6, 6.07) is 0. The summed E-state index contributed by atoms with van der Waals surface area (Å²) in [6.45, 7) is 10.3. The standard InChI is InChI=1S/C14H21N3O2S/c1-10(18)16-5-7-17(8-6-16)12(19)11-9-15-13(20-11)14(2,3)4/h9H,5-8H2,1-4H3. The predicted octanol–water partition coefficient (Wildman–Crippen LogP) is 1.74. The minimum atomic E-state index is -0.0312. The highest BCUT2D eigenvalue weighted by Gasteiger charge is 2.26. The van der Waals surface area contributed by atoms with Gasteiger partial charge in [-0.1, -0.05) is 20.8 Å². The van der Waals surface area contributed by atoms with Crippen LogP contribution >= 0.6 is 11.3 Å². The highest BCUT2D eigenvalue weighted by molar-refractivity contribution is 7.13. The van der Waals surface area contributed by atoms with Crippen LogP contribution in [0.5, 0.6) is 0 Å². The molecule has 6 heteroatoms. The largest absolute Gasteiger partial charge is 0.339 e. The summed E-state index contributed by atoms with van der Waals surface area (Å²) in [5.74, 6) is 0.103. The van der Waals surface area contributed by atoms with Crippen LogP contribution in [0.2, 0.25) is 0 Å². The lowest BCUT2D eigenvalue weighted by molar-refractivity contribution is -0.130. The predicted molar refractivity (Wildman–Crippen MR) is 79.0 cm³/mol. The van der Waals surface area contributed by atoms with E-state index >= 15 is 0 Å². The molecule has 20 heavy (non-hydrogen) atoms. The smallest absolute Gasteiger partial charge is 0.265 e. The number of hydrogen-bond acceptors (Lipinski definition) is 4. The fourth-order valence-electron chi connectivity index (χ4n) is 2.10. The van der Waals surface area contributed by atoms with E-state index in [1.54, 1.807) is 22.9 Å². The summed E-state index contributed by atoms with van der Waals surface area (Å²) in [4.78, 5) is 32.3. The molecule has 110 valence electrons. The molecule has 0 aromatic carbocycles. The van der Waals surface area contributed by atoms with Crippen LogP contribution in [-0.4, -0.2) is 52.8 Å². The average Bonchev–Trinajstić information content (AvgIpc) is 2.87. The highest BCUT2D eigenvalue weighted by atomic mass is 32.1. The molecule has 1 aromatic rings. The van der Waals surface area contributed by atoms with Crippen molar-refractivity contribution in [3.8, 4) is 0 Å². The van der Waals surface area contributed by atoms with Gasteiger partial charge in [0.15, 0.2) is 0 Å². The van der Waals surface area contributed by atoms with Crippen molar-refractivity contribution in [2.75, 3.05) is 26.2 Å². The Morgan fingerprint density at radius 1 is 1.15 bits per heavy atom. The third-order valence-electron chi connectivity index (χ3n) is 3.37. The number of amides is 2. The zero-order valence-electron chi connectivity index (χ0n) is 12.5. The topological polar surface area (TPSA) is 53.5 Å². The van der Waals surface area contributed by atoms with Crippen LogP contribution in [0.15, 0.2) is 6.20 Å². The summed E-state index contributed by atoms with van der Waals surface area (Å²) in [7, 11) is 0. The molecular weight excluding hydrogens is 274 g/mol. The van der Waals surface area contributed by atoms with Crippen molar-refractivity contribution in [3.63, 3.8) is 0 Å². The van der Waals surface area contributed by atoms with Gasteiger partial charge in [0.1, 0.15) is 4.88 Å². The molecule has 1 aliphatic heterocycles. The Balaban J connectivity index is 2.02. The molecule has 0 aliphatic carbocycles. The van der Waals surface area contributed by atoms with E-state index in [4.69, 9.17) is 0 Å². The molecule has 0 unspecified atom stereocenters. The Morgan fingerprint density at radius 3 is 2.15 bits per heavy atom. The fourth-order valence-corrected chi connectivity index (χ4v) is 3.04. The van der Waals surface area contributed by atoms with Crippen LogP contribution < -0.4 is 0 Å². The molecule has 0 atom stereocenters. The summed E-state index contributed by atoms with van der Waals surface area (Å²) >= 11 is 1.47. The van der Waals surface area contributed by atoms with Gasteiger partial charge in [-0.3, -0.25) is 9.59 Å². The van der Waals surface area contributed by atoms with Gasteiger partial charge in [0.2, 0.25) is 5.91 Å². The van der Waals surface area contributed by atoms with E-state index in [1.165, 1.54) is 11.3 Å². The number of thiazole rings is 1. The van der Waals surface area contributed by atoms with E-state index in [0.717, 1.165) is 5.01 Å². The van der Waals surface area contributed by atoms with Crippen LogP contribution in [0.25, 0.3) is 0 Å². The molecule has 1 fully saturated rings. The van der Waals surface area contributed by atoms with Gasteiger partial charge in [0.05, 0.1) is 11.2 Å². The molecule has 1 aliphatic rings. The fraction of sp³-hybridized carbons (Fsp3) is 0.643. The van der Waals surface area contributed by atoms with Crippen molar-refractivity contribution >= 4 is 23.2 Å². The maximum Gasteiger partial charge on any atom is 0.265 e. The Morgan fingerprint density at radius 2 is 1.70 bits per heavy atom. The Labute approximate surface area is 123 Å². The van der Waals surface area contributed by atoms with Crippen LogP contribution in [0.3, 0.4) is 0 Å². The van der Waals surface area contributed by atoms with Crippen LogP contribution in [0.4, 0.5) is 0 Å². The summed E-state index contributed by atoms with van der Waals surface area (Å²) in [5.41, 5.74) is -0.0312. The monoisotopic (exact) mass is 295 g/mol. The molecule has 2 amide bonds. The number of carbonyl (C=O) groups is 2. The van der Waals surface area contributed by atoms with Crippen molar-refractivity contribution in [1.29, 1.82) is 0 Å². The number of piperazine rings is 1. The van der Waals surface area contributed by atoms with Crippen molar-refractivity contribution < 1.29 is 9.59 Å². The molecule has 5 nitrogen and oxygen atoms in total. The van der Waals surface area contributed by atoms with E-state index in [-0.39, 0.29) is 17.2 Å². The van der Waals surface area contributed by atoms with Gasteiger partial charge < -0.3 is 9.80 Å². The second-order valence-corrected chi connectivity index (χ2v) is 7.11. The van der Waals surface area contributed by atoms with Gasteiger partial charge in [0.25, 0.3) is 5.91 Å². The third-order valence-corrected chi connectivity index (χ3v) is 4.78. The van der Waals surface area contributed by atoms with Gasteiger partial charge in [0, 0.05) is 38.5 Å². The maximum atomic E-state index is 12.4. The first-order valence-electron chi connectivity index (χ1n) is 6.80. The lowest BCUT2D eigenvalue weighted by Gasteiger charge is -2.33. The van der Waals surface area contributed by atoms with Gasteiger partial charge in [-0.25, -0.2) is 4.98 Å². The Hall–Kier alpha value is -1.43. The van der Waals surface area contributed by atoms with Crippen molar-refractivity contribution in [3.05, 3.63) is 16.1 Å². The molecule has 1 saturated heterocycles. The first-order chi connectivity index (χ1) is 9.29. The lowest BCUT2D eigenvalue weighted by atomic mass is 9.98. The highest BCUT2D eigenvalue weighted by Crippen LogP contribution is 2.27. The summed E-state index contributed by atoms with van der Waals surface area (Å²) < 4.78 is 0. The van der Waals surface area contributed by atoms with E-state index < -0.39 is 0 Å². The van der Waals surface area contributed by atoms with Gasteiger partial charge in [-0.05, 0) is 0 Å². The molecular formula is C14H21N3O2S. The van der Waals surface area contributed by atoms with Gasteiger partial charge in [-0.2, -0.15) is 0 Å². The number of nitrogens with zero attached hydrogens (tertiary/aromatic N) is 3. The van der Waals surface area contributed by atoms with Crippen molar-refractivity contribution in [1.82, 2.24) is 14.8 Å². The van der Waals surface area contributed by atoms with E-state index in [9.17, 15) is 9.59 Å². The number of aromatic nitrogens is 1. The summed E-state index contributed by atoms with van der Waals surface area (Å²) in [6.07, 6.45) is 1.67. The quantitative estimate of drug-likeness (QED) is 0.793. The second-order valence-electron chi connectivity index (χ2n) is 6.08. The molecule has 0 bridgehead atoms. The number of rotatable bonds is 1. The normalized spacial score (nSPS) is 16.4. The Bertz CT molecular complexity index is 511. The first-order valence-corrected chi connectivity index (χ1v) is 7.62. The zero-order valence-corrected chi connectivity index (χ0v) is 13.3. The maximum absolute atomic E-state index is 12.4. The average molecular weight is 295 g/mol. The SMILES string of the molecule is CC(=O)N1CCN(C(=O)c2cnc(C(C)(C)C)s2)CC1. The van der Waals surface area contributed by atoms with Crippen LogP contribution in [0.1, 0.15) is 42.4 Å². The number of carbonyl (C=O) groups excluding carboxylic acids is 2. The first kappa shape index (κ1) is 15.0.